The summed E-state index contributed by atoms with van der Waals surface area (Å²) in [4.78, 5) is 3.72. The summed E-state index contributed by atoms with van der Waals surface area (Å²) in [6, 6.07) is 37.0. The van der Waals surface area contributed by atoms with Crippen LogP contribution in [-0.2, 0) is 0 Å². The van der Waals surface area contributed by atoms with E-state index in [0.717, 1.165) is 0 Å². The fourth-order valence-corrected chi connectivity index (χ4v) is 5.03. The summed E-state index contributed by atoms with van der Waals surface area (Å²) in [6.07, 6.45) is 0. The summed E-state index contributed by atoms with van der Waals surface area (Å²) in [5.74, 6) is 0. The average Bonchev–Trinajstić information content (AvgIpc) is 3.35. The van der Waals surface area contributed by atoms with Crippen LogP contribution in [-0.4, -0.2) is 9.55 Å². The number of fused-ring (bicyclic) bond motifs is 9. The lowest BCUT2D eigenvalue weighted by Gasteiger charge is -2.08. The lowest BCUT2D eigenvalue weighted by Crippen LogP contribution is -1.93. The van der Waals surface area contributed by atoms with Gasteiger partial charge in [0.05, 0.1) is 16.6 Å². The second-order valence-electron chi connectivity index (χ2n) is 7.91. The first-order valence-electron chi connectivity index (χ1n) is 10.3. The molecule has 0 fully saturated rings. The Bertz CT molecular complexity index is 1730. The molecule has 1 N–H and O–H groups in total. The monoisotopic (exact) mass is 382 g/mol. The van der Waals surface area contributed by atoms with E-state index >= 15 is 0 Å². The van der Waals surface area contributed by atoms with Crippen molar-refractivity contribution in [2.75, 3.05) is 0 Å². The lowest BCUT2D eigenvalue weighted by molar-refractivity contribution is 1.18. The number of aromatic amines is 1. The van der Waals surface area contributed by atoms with Gasteiger partial charge in [-0.3, -0.25) is 0 Å². The summed E-state index contributed by atoms with van der Waals surface area (Å²) in [7, 11) is 0. The predicted molar refractivity (Wildman–Crippen MR) is 128 cm³/mol. The lowest BCUT2D eigenvalue weighted by atomic mass is 10.0. The van der Waals surface area contributed by atoms with Gasteiger partial charge < -0.3 is 9.55 Å². The van der Waals surface area contributed by atoms with E-state index in [0.29, 0.717) is 0 Å². The number of hydrogen-bond donors (Lipinski definition) is 1. The van der Waals surface area contributed by atoms with E-state index in [9.17, 15) is 0 Å². The van der Waals surface area contributed by atoms with E-state index in [4.69, 9.17) is 0 Å². The Labute approximate surface area is 173 Å². The van der Waals surface area contributed by atoms with Gasteiger partial charge in [-0.05, 0) is 35.0 Å². The van der Waals surface area contributed by atoms with Gasteiger partial charge in [-0.25, -0.2) is 0 Å². The number of aromatic nitrogens is 2. The van der Waals surface area contributed by atoms with Gasteiger partial charge in [0.25, 0.3) is 0 Å². The number of benzene rings is 5. The number of para-hydroxylation sites is 2. The molecule has 0 saturated carbocycles. The van der Waals surface area contributed by atoms with Crippen LogP contribution in [0, 0.1) is 0 Å². The minimum absolute atomic E-state index is 1.18. The van der Waals surface area contributed by atoms with E-state index < -0.39 is 0 Å². The third-order valence-corrected chi connectivity index (χ3v) is 6.31. The first-order chi connectivity index (χ1) is 14.9. The van der Waals surface area contributed by atoms with E-state index in [1.807, 2.05) is 0 Å². The quantitative estimate of drug-likeness (QED) is 0.302. The van der Waals surface area contributed by atoms with Gasteiger partial charge >= 0.3 is 0 Å². The highest BCUT2D eigenvalue weighted by Gasteiger charge is 2.18. The molecule has 0 aliphatic carbocycles. The molecular weight excluding hydrogens is 364 g/mol. The molecule has 0 saturated heterocycles. The van der Waals surface area contributed by atoms with Gasteiger partial charge in [0.15, 0.2) is 0 Å². The Hall–Kier alpha value is -4.04. The van der Waals surface area contributed by atoms with Crippen molar-refractivity contribution in [1.29, 1.82) is 0 Å². The minimum atomic E-state index is 1.18. The molecule has 0 aliphatic heterocycles. The molecule has 2 heteroatoms. The summed E-state index contributed by atoms with van der Waals surface area (Å²) >= 11 is 0. The largest absolute Gasteiger partial charge is 0.353 e. The van der Waals surface area contributed by atoms with Crippen LogP contribution in [0.4, 0.5) is 0 Å². The van der Waals surface area contributed by atoms with Gasteiger partial charge in [-0.15, -0.1) is 0 Å². The highest BCUT2D eigenvalue weighted by Crippen LogP contribution is 2.41. The summed E-state index contributed by atoms with van der Waals surface area (Å²) in [5.41, 5.74) is 6.02. The number of rotatable bonds is 1. The molecule has 140 valence electrons. The van der Waals surface area contributed by atoms with Crippen molar-refractivity contribution >= 4 is 54.4 Å². The fourth-order valence-electron chi connectivity index (χ4n) is 5.03. The zero-order valence-electron chi connectivity index (χ0n) is 16.3. The molecule has 0 unspecified atom stereocenters. The van der Waals surface area contributed by atoms with Gasteiger partial charge in [-0.1, -0.05) is 78.9 Å². The SMILES string of the molecule is c1ccc(-n2c3ccc4ccccc4c3c3ccc4c5ccccc5[nH]c4c32)cc1. The van der Waals surface area contributed by atoms with E-state index in [1.54, 1.807) is 0 Å². The minimum Gasteiger partial charge on any atom is -0.353 e. The molecule has 2 nitrogen and oxygen atoms in total. The predicted octanol–water partition coefficient (Wildman–Crippen LogP) is 7.57. The highest BCUT2D eigenvalue weighted by atomic mass is 15.0. The molecule has 0 spiro atoms. The van der Waals surface area contributed by atoms with Crippen LogP contribution in [0.25, 0.3) is 60.1 Å². The number of H-pyrrole nitrogens is 1. The Morgan fingerprint density at radius 2 is 1.27 bits per heavy atom. The van der Waals surface area contributed by atoms with Crippen LogP contribution in [0.15, 0.2) is 103 Å². The van der Waals surface area contributed by atoms with Crippen LogP contribution in [0.1, 0.15) is 0 Å². The van der Waals surface area contributed by atoms with Crippen molar-refractivity contribution in [3.63, 3.8) is 0 Å². The van der Waals surface area contributed by atoms with Crippen LogP contribution in [0.2, 0.25) is 0 Å². The zero-order chi connectivity index (χ0) is 19.7. The second kappa shape index (κ2) is 5.74. The first kappa shape index (κ1) is 15.8. The average molecular weight is 382 g/mol. The molecule has 7 rings (SSSR count). The first-order valence-corrected chi connectivity index (χ1v) is 10.3. The maximum atomic E-state index is 3.72. The molecule has 0 aliphatic rings. The standard InChI is InChI=1S/C28H18N2/c1-2-9-19(10-3-1)30-25-17-14-18-8-4-5-11-20(18)26(25)23-16-15-22-21-12-6-7-13-24(21)29-27(22)28(23)30/h1-17,29H. The molecule has 0 amide bonds. The van der Waals surface area contributed by atoms with Crippen molar-refractivity contribution in [3.05, 3.63) is 103 Å². The van der Waals surface area contributed by atoms with Crippen LogP contribution < -0.4 is 0 Å². The smallest absolute Gasteiger partial charge is 0.0783 e. The molecular formula is C28H18N2. The fraction of sp³-hybridized carbons (Fsp3) is 0. The van der Waals surface area contributed by atoms with Crippen LogP contribution >= 0.6 is 0 Å². The normalized spacial score (nSPS) is 12.0. The van der Waals surface area contributed by atoms with E-state index in [1.165, 1.54) is 60.1 Å². The van der Waals surface area contributed by atoms with Gasteiger partial charge in [0.2, 0.25) is 0 Å². The van der Waals surface area contributed by atoms with E-state index in [-0.39, 0.29) is 0 Å². The second-order valence-corrected chi connectivity index (χ2v) is 7.91. The van der Waals surface area contributed by atoms with Crippen LogP contribution in [0.5, 0.6) is 0 Å². The Balaban J connectivity index is 1.81. The molecule has 0 bridgehead atoms. The molecule has 0 atom stereocenters. The maximum Gasteiger partial charge on any atom is 0.0783 e. The molecule has 5 aromatic carbocycles. The van der Waals surface area contributed by atoms with Crippen molar-refractivity contribution in [2.24, 2.45) is 0 Å². The molecule has 30 heavy (non-hydrogen) atoms. The molecule has 7 aromatic rings. The Morgan fingerprint density at radius 1 is 0.533 bits per heavy atom. The van der Waals surface area contributed by atoms with Crippen LogP contribution in [0.3, 0.4) is 0 Å². The zero-order valence-corrected chi connectivity index (χ0v) is 16.3. The molecule has 2 aromatic heterocycles. The van der Waals surface area contributed by atoms with Crippen molar-refractivity contribution in [1.82, 2.24) is 9.55 Å². The molecule has 2 heterocycles. The van der Waals surface area contributed by atoms with Gasteiger partial charge in [-0.2, -0.15) is 0 Å². The number of hydrogen-bond acceptors (Lipinski definition) is 0. The Morgan fingerprint density at radius 3 is 2.17 bits per heavy atom. The third-order valence-electron chi connectivity index (χ3n) is 6.31. The summed E-state index contributed by atoms with van der Waals surface area (Å²) in [6.45, 7) is 0. The van der Waals surface area contributed by atoms with Gasteiger partial charge in [0.1, 0.15) is 0 Å². The van der Waals surface area contributed by atoms with Crippen molar-refractivity contribution < 1.29 is 0 Å². The van der Waals surface area contributed by atoms with Gasteiger partial charge in [0, 0.05) is 32.7 Å². The van der Waals surface area contributed by atoms with Crippen molar-refractivity contribution in [3.8, 4) is 5.69 Å². The summed E-state index contributed by atoms with van der Waals surface area (Å²) in [5, 5.41) is 7.70. The number of nitrogens with one attached hydrogen (secondary N) is 1. The van der Waals surface area contributed by atoms with Crippen molar-refractivity contribution in [2.45, 2.75) is 0 Å². The maximum absolute atomic E-state index is 3.72. The molecule has 0 radical (unpaired) electrons. The van der Waals surface area contributed by atoms with E-state index in [2.05, 4.69) is 113 Å². The highest BCUT2D eigenvalue weighted by molar-refractivity contribution is 6.27. The number of nitrogens with zero attached hydrogens (tertiary/aromatic N) is 1. The third kappa shape index (κ3) is 1.98. The topological polar surface area (TPSA) is 20.7 Å². The Kier molecular flexibility index (Phi) is 3.03. The summed E-state index contributed by atoms with van der Waals surface area (Å²) < 4.78 is 2.41.